The fourth-order valence-corrected chi connectivity index (χ4v) is 1.53. The van der Waals surface area contributed by atoms with Gasteiger partial charge in [-0.25, -0.2) is 4.79 Å². The Balaban J connectivity index is 0.000000203. The summed E-state index contributed by atoms with van der Waals surface area (Å²) in [6.45, 7) is 0. The van der Waals surface area contributed by atoms with Crippen LogP contribution in [0.5, 0.6) is 0 Å². The molecule has 0 bridgehead atoms. The molecular formula is C11H11ClF3NO2. The molecule has 1 fully saturated rings. The lowest BCUT2D eigenvalue weighted by Crippen LogP contribution is -2.21. The highest BCUT2D eigenvalue weighted by atomic mass is 35.5. The lowest BCUT2D eigenvalue weighted by Gasteiger charge is -1.97. The van der Waals surface area contributed by atoms with Crippen molar-refractivity contribution >= 4 is 17.6 Å². The summed E-state index contributed by atoms with van der Waals surface area (Å²) in [7, 11) is 0. The van der Waals surface area contributed by atoms with E-state index in [9.17, 15) is 13.2 Å². The number of aliphatic carboxylic acids is 1. The van der Waals surface area contributed by atoms with Crippen LogP contribution < -0.4 is 5.73 Å². The summed E-state index contributed by atoms with van der Waals surface area (Å²) in [5.41, 5.74) is 6.99. The van der Waals surface area contributed by atoms with Crippen LogP contribution in [0.4, 0.5) is 13.2 Å². The molecule has 0 unspecified atom stereocenters. The Kier molecular flexibility index (Phi) is 4.59. The van der Waals surface area contributed by atoms with E-state index in [0.717, 1.165) is 11.4 Å². The van der Waals surface area contributed by atoms with Crippen molar-refractivity contribution in [3.63, 3.8) is 0 Å². The summed E-state index contributed by atoms with van der Waals surface area (Å²) >= 11 is 5.82. The number of rotatable bonds is 1. The molecule has 0 aromatic heterocycles. The zero-order valence-electron chi connectivity index (χ0n) is 9.12. The minimum Gasteiger partial charge on any atom is -0.475 e. The number of hydrogen-bond acceptors (Lipinski definition) is 2. The predicted molar refractivity (Wildman–Crippen MR) is 60.5 cm³/mol. The third kappa shape index (κ3) is 4.54. The highest BCUT2D eigenvalue weighted by Gasteiger charge is 2.38. The first-order chi connectivity index (χ1) is 8.21. The molecule has 1 aliphatic carbocycles. The molecule has 0 spiro atoms. The summed E-state index contributed by atoms with van der Waals surface area (Å²) in [5.74, 6) is -2.19. The van der Waals surface area contributed by atoms with Crippen LogP contribution in [0.2, 0.25) is 5.02 Å². The second kappa shape index (κ2) is 5.58. The van der Waals surface area contributed by atoms with Gasteiger partial charge in [-0.15, -0.1) is 0 Å². The summed E-state index contributed by atoms with van der Waals surface area (Å²) in [5, 5.41) is 7.93. The van der Waals surface area contributed by atoms with Gasteiger partial charge in [0.1, 0.15) is 0 Å². The van der Waals surface area contributed by atoms with Gasteiger partial charge in [0.05, 0.1) is 0 Å². The van der Waals surface area contributed by atoms with Gasteiger partial charge in [-0.05, 0) is 24.1 Å². The van der Waals surface area contributed by atoms with Gasteiger partial charge < -0.3 is 10.8 Å². The molecule has 2 atom stereocenters. The summed E-state index contributed by atoms with van der Waals surface area (Å²) in [4.78, 5) is 8.90. The first-order valence-electron chi connectivity index (χ1n) is 5.03. The highest BCUT2D eigenvalue weighted by molar-refractivity contribution is 6.30. The zero-order valence-corrected chi connectivity index (χ0v) is 9.87. The van der Waals surface area contributed by atoms with Crippen LogP contribution in [0, 0.1) is 0 Å². The minimum absolute atomic E-state index is 0.369. The van der Waals surface area contributed by atoms with E-state index in [-0.39, 0.29) is 0 Å². The Morgan fingerprint density at radius 2 is 1.94 bits per heavy atom. The molecule has 1 aliphatic rings. The van der Waals surface area contributed by atoms with E-state index in [1.807, 2.05) is 18.2 Å². The molecule has 0 aliphatic heterocycles. The topological polar surface area (TPSA) is 63.3 Å². The molecule has 2 rings (SSSR count). The van der Waals surface area contributed by atoms with E-state index in [0.29, 0.717) is 12.0 Å². The fraction of sp³-hybridized carbons (Fsp3) is 0.364. The van der Waals surface area contributed by atoms with Crippen molar-refractivity contribution in [2.75, 3.05) is 0 Å². The fourth-order valence-electron chi connectivity index (χ4n) is 1.34. The van der Waals surface area contributed by atoms with Gasteiger partial charge in [0, 0.05) is 17.0 Å². The van der Waals surface area contributed by atoms with Crippen LogP contribution >= 0.6 is 11.6 Å². The minimum atomic E-state index is -5.08. The van der Waals surface area contributed by atoms with Crippen molar-refractivity contribution in [2.24, 2.45) is 5.73 Å². The Morgan fingerprint density at radius 1 is 1.44 bits per heavy atom. The maximum atomic E-state index is 10.6. The van der Waals surface area contributed by atoms with Crippen molar-refractivity contribution in [2.45, 2.75) is 24.6 Å². The number of benzene rings is 1. The quantitative estimate of drug-likeness (QED) is 0.832. The largest absolute Gasteiger partial charge is 0.490 e. The number of hydrogen-bond donors (Lipinski definition) is 2. The normalized spacial score (nSPS) is 21.8. The predicted octanol–water partition coefficient (Wildman–Crippen LogP) is 2.79. The van der Waals surface area contributed by atoms with Crippen LogP contribution in [0.25, 0.3) is 0 Å². The second-order valence-corrected chi connectivity index (χ2v) is 4.30. The number of halogens is 4. The monoisotopic (exact) mass is 281 g/mol. The smallest absolute Gasteiger partial charge is 0.475 e. The lowest BCUT2D eigenvalue weighted by atomic mass is 10.1. The molecule has 1 aromatic rings. The van der Waals surface area contributed by atoms with Crippen molar-refractivity contribution < 1.29 is 23.1 Å². The molecule has 18 heavy (non-hydrogen) atoms. The molecule has 1 saturated carbocycles. The van der Waals surface area contributed by atoms with Crippen LogP contribution in [0.1, 0.15) is 17.9 Å². The van der Waals surface area contributed by atoms with Crippen LogP contribution in [0.15, 0.2) is 24.3 Å². The molecule has 1 aromatic carbocycles. The summed E-state index contributed by atoms with van der Waals surface area (Å²) in [6.07, 6.45) is -3.97. The van der Waals surface area contributed by atoms with Gasteiger partial charge in [-0.2, -0.15) is 13.2 Å². The Morgan fingerprint density at radius 3 is 2.28 bits per heavy atom. The Labute approximate surface area is 106 Å². The molecule has 0 heterocycles. The maximum absolute atomic E-state index is 10.6. The molecule has 0 radical (unpaired) electrons. The Bertz CT molecular complexity index is 437. The number of carboxylic acid groups (broad SMARTS) is 1. The van der Waals surface area contributed by atoms with Gasteiger partial charge in [0.2, 0.25) is 0 Å². The summed E-state index contributed by atoms with van der Waals surface area (Å²) < 4.78 is 31.7. The third-order valence-corrected chi connectivity index (χ3v) is 2.59. The average molecular weight is 282 g/mol. The molecule has 7 heteroatoms. The SMILES string of the molecule is N[C@@H]1C[C@H]1c1cccc(Cl)c1.O=C(O)C(F)(F)F. The first kappa shape index (κ1) is 14.8. The van der Waals surface area contributed by atoms with E-state index in [1.54, 1.807) is 0 Å². The third-order valence-electron chi connectivity index (χ3n) is 2.36. The van der Waals surface area contributed by atoms with E-state index in [4.69, 9.17) is 27.2 Å². The first-order valence-corrected chi connectivity index (χ1v) is 5.40. The van der Waals surface area contributed by atoms with Gasteiger partial charge in [-0.1, -0.05) is 23.7 Å². The molecule has 3 N–H and O–H groups in total. The van der Waals surface area contributed by atoms with Crippen molar-refractivity contribution in [1.82, 2.24) is 0 Å². The van der Waals surface area contributed by atoms with E-state index in [2.05, 4.69) is 6.07 Å². The van der Waals surface area contributed by atoms with Crippen molar-refractivity contribution in [3.8, 4) is 0 Å². The van der Waals surface area contributed by atoms with E-state index < -0.39 is 12.1 Å². The number of carboxylic acids is 1. The zero-order chi connectivity index (χ0) is 13.9. The number of carbonyl (C=O) groups is 1. The van der Waals surface area contributed by atoms with Crippen LogP contribution in [-0.2, 0) is 4.79 Å². The molecule has 0 amide bonds. The Hall–Kier alpha value is -1.27. The van der Waals surface area contributed by atoms with Gasteiger partial charge >= 0.3 is 12.1 Å². The van der Waals surface area contributed by atoms with Gasteiger partial charge in [-0.3, -0.25) is 0 Å². The van der Waals surface area contributed by atoms with E-state index in [1.165, 1.54) is 5.56 Å². The van der Waals surface area contributed by atoms with Gasteiger partial charge in [0.15, 0.2) is 0 Å². The van der Waals surface area contributed by atoms with Crippen molar-refractivity contribution in [3.05, 3.63) is 34.9 Å². The lowest BCUT2D eigenvalue weighted by molar-refractivity contribution is -0.192. The molecule has 3 nitrogen and oxygen atoms in total. The van der Waals surface area contributed by atoms with Crippen molar-refractivity contribution in [1.29, 1.82) is 0 Å². The number of alkyl halides is 3. The second-order valence-electron chi connectivity index (χ2n) is 3.86. The van der Waals surface area contributed by atoms with Crippen LogP contribution in [0.3, 0.4) is 0 Å². The summed E-state index contributed by atoms with van der Waals surface area (Å²) in [6, 6.07) is 8.32. The molecule has 100 valence electrons. The maximum Gasteiger partial charge on any atom is 0.490 e. The van der Waals surface area contributed by atoms with Crippen LogP contribution in [-0.4, -0.2) is 23.3 Å². The molecule has 0 saturated heterocycles. The molecular weight excluding hydrogens is 271 g/mol. The standard InChI is InChI=1S/C9H10ClN.C2HF3O2/c10-7-3-1-2-6(4-7)8-5-9(8)11;3-2(4,5)1(6)7/h1-4,8-9H,5,11H2;(H,6,7)/t8-,9+;/m0./s1. The van der Waals surface area contributed by atoms with E-state index >= 15 is 0 Å². The van der Waals surface area contributed by atoms with Gasteiger partial charge in [0.25, 0.3) is 0 Å². The highest BCUT2D eigenvalue weighted by Crippen LogP contribution is 2.39. The number of nitrogens with two attached hydrogens (primary N) is 1. The average Bonchev–Trinajstić information content (AvgIpc) is 2.95.